The molecule has 18 heavy (non-hydrogen) atoms. The van der Waals surface area contributed by atoms with Crippen molar-refractivity contribution in [1.82, 2.24) is 4.90 Å². The van der Waals surface area contributed by atoms with Crippen LogP contribution in [0.25, 0.3) is 0 Å². The third-order valence-electron chi connectivity index (χ3n) is 3.05. The van der Waals surface area contributed by atoms with Crippen LogP contribution in [0.5, 0.6) is 0 Å². The van der Waals surface area contributed by atoms with Crippen molar-refractivity contribution >= 4 is 27.5 Å². The number of hydrogen-bond donors (Lipinski definition) is 1. The molecule has 1 atom stereocenters. The van der Waals surface area contributed by atoms with Crippen LogP contribution in [0.1, 0.15) is 26.3 Å². The second-order valence-electron chi connectivity index (χ2n) is 4.87. The van der Waals surface area contributed by atoms with Gasteiger partial charge in [-0.3, -0.25) is 4.79 Å². The lowest BCUT2D eigenvalue weighted by molar-refractivity contribution is -0.131. The minimum atomic E-state index is -0.230. The first-order valence-electron chi connectivity index (χ1n) is 6.12. The first kappa shape index (κ1) is 15.0. The molecule has 0 aliphatic carbocycles. The fraction of sp³-hybridized carbons (Fsp3) is 0.500. The zero-order valence-electron chi connectivity index (χ0n) is 11.6. The van der Waals surface area contributed by atoms with Crippen LogP contribution in [0.15, 0.2) is 22.7 Å². The van der Waals surface area contributed by atoms with Gasteiger partial charge in [-0.25, -0.2) is 0 Å². The van der Waals surface area contributed by atoms with Crippen LogP contribution in [0.4, 0.5) is 5.69 Å². The molecule has 100 valence electrons. The molecule has 0 spiro atoms. The highest BCUT2D eigenvalue weighted by Gasteiger charge is 2.19. The Balaban J connectivity index is 2.72. The van der Waals surface area contributed by atoms with Gasteiger partial charge in [-0.15, -0.1) is 0 Å². The van der Waals surface area contributed by atoms with Crippen molar-refractivity contribution in [1.29, 1.82) is 0 Å². The first-order chi connectivity index (χ1) is 8.32. The van der Waals surface area contributed by atoms with Gasteiger partial charge in [0.1, 0.15) is 6.04 Å². The molecule has 1 N–H and O–H groups in total. The molecule has 1 aromatic rings. The Kier molecular flexibility index (Phi) is 5.20. The maximum Gasteiger partial charge on any atom is 0.244 e. The summed E-state index contributed by atoms with van der Waals surface area (Å²) in [7, 11) is 1.83. The monoisotopic (exact) mass is 312 g/mol. The minimum Gasteiger partial charge on any atom is -0.374 e. The van der Waals surface area contributed by atoms with E-state index >= 15 is 0 Å². The van der Waals surface area contributed by atoms with Crippen molar-refractivity contribution < 1.29 is 4.79 Å². The number of rotatable bonds is 4. The van der Waals surface area contributed by atoms with E-state index in [0.29, 0.717) is 0 Å². The SMILES string of the molecule is Cc1ccc(NC(C)C(=O)N(C)C(C)C)cc1Br. The van der Waals surface area contributed by atoms with Gasteiger partial charge >= 0.3 is 0 Å². The van der Waals surface area contributed by atoms with Crippen molar-refractivity contribution in [2.75, 3.05) is 12.4 Å². The van der Waals surface area contributed by atoms with E-state index in [4.69, 9.17) is 0 Å². The van der Waals surface area contributed by atoms with E-state index in [-0.39, 0.29) is 18.0 Å². The molecule has 1 unspecified atom stereocenters. The van der Waals surface area contributed by atoms with E-state index in [1.165, 1.54) is 5.56 Å². The summed E-state index contributed by atoms with van der Waals surface area (Å²) in [5.41, 5.74) is 2.13. The number of carbonyl (C=O) groups is 1. The lowest BCUT2D eigenvalue weighted by Crippen LogP contribution is -2.42. The molecule has 0 aliphatic heterocycles. The maximum atomic E-state index is 12.1. The number of halogens is 1. The average molecular weight is 313 g/mol. The summed E-state index contributed by atoms with van der Waals surface area (Å²) in [5.74, 6) is 0.0988. The molecule has 1 aromatic carbocycles. The molecule has 0 heterocycles. The van der Waals surface area contributed by atoms with Gasteiger partial charge in [0.05, 0.1) is 0 Å². The van der Waals surface area contributed by atoms with Gasteiger partial charge in [0.25, 0.3) is 0 Å². The average Bonchev–Trinajstić information content (AvgIpc) is 2.31. The molecule has 0 bridgehead atoms. The van der Waals surface area contributed by atoms with Gasteiger partial charge in [0.15, 0.2) is 0 Å². The highest BCUT2D eigenvalue weighted by molar-refractivity contribution is 9.10. The van der Waals surface area contributed by atoms with Gasteiger partial charge in [0, 0.05) is 23.2 Å². The highest BCUT2D eigenvalue weighted by atomic mass is 79.9. The van der Waals surface area contributed by atoms with Crippen molar-refractivity contribution in [2.45, 2.75) is 39.8 Å². The molecular weight excluding hydrogens is 292 g/mol. The van der Waals surface area contributed by atoms with Crippen molar-refractivity contribution in [3.05, 3.63) is 28.2 Å². The second kappa shape index (κ2) is 6.23. The third kappa shape index (κ3) is 3.73. The third-order valence-corrected chi connectivity index (χ3v) is 3.90. The van der Waals surface area contributed by atoms with E-state index in [1.807, 2.05) is 52.9 Å². The van der Waals surface area contributed by atoms with Gasteiger partial charge < -0.3 is 10.2 Å². The quantitative estimate of drug-likeness (QED) is 0.924. The van der Waals surface area contributed by atoms with E-state index < -0.39 is 0 Å². The number of nitrogens with zero attached hydrogens (tertiary/aromatic N) is 1. The van der Waals surface area contributed by atoms with E-state index in [9.17, 15) is 4.79 Å². The largest absolute Gasteiger partial charge is 0.374 e. The lowest BCUT2D eigenvalue weighted by atomic mass is 10.2. The molecule has 1 rings (SSSR count). The Morgan fingerprint density at radius 1 is 1.33 bits per heavy atom. The topological polar surface area (TPSA) is 32.3 Å². The fourth-order valence-corrected chi connectivity index (χ4v) is 1.93. The lowest BCUT2D eigenvalue weighted by Gasteiger charge is -2.26. The number of likely N-dealkylation sites (N-methyl/N-ethyl adjacent to an activating group) is 1. The van der Waals surface area contributed by atoms with Crippen LogP contribution >= 0.6 is 15.9 Å². The van der Waals surface area contributed by atoms with Gasteiger partial charge in [0.2, 0.25) is 5.91 Å². The number of amides is 1. The maximum absolute atomic E-state index is 12.1. The molecule has 0 radical (unpaired) electrons. The summed E-state index contributed by atoms with van der Waals surface area (Å²) in [5, 5.41) is 3.22. The Bertz CT molecular complexity index is 432. The van der Waals surface area contributed by atoms with Crippen LogP contribution in [0.3, 0.4) is 0 Å². The Morgan fingerprint density at radius 3 is 2.44 bits per heavy atom. The van der Waals surface area contributed by atoms with Gasteiger partial charge in [-0.2, -0.15) is 0 Å². The van der Waals surface area contributed by atoms with Crippen molar-refractivity contribution in [2.24, 2.45) is 0 Å². The van der Waals surface area contributed by atoms with Crippen LogP contribution in [0, 0.1) is 6.92 Å². The summed E-state index contributed by atoms with van der Waals surface area (Å²) in [6.07, 6.45) is 0. The number of benzene rings is 1. The smallest absolute Gasteiger partial charge is 0.244 e. The Morgan fingerprint density at radius 2 is 1.94 bits per heavy atom. The molecular formula is C14H21BrN2O. The standard InChI is InChI=1S/C14H21BrN2O/c1-9(2)17(5)14(18)11(4)16-12-7-6-10(3)13(15)8-12/h6-9,11,16H,1-5H3. The molecule has 4 heteroatoms. The number of nitrogens with one attached hydrogen (secondary N) is 1. The van der Waals surface area contributed by atoms with Gasteiger partial charge in [-0.1, -0.05) is 22.0 Å². The van der Waals surface area contributed by atoms with E-state index in [0.717, 1.165) is 10.2 Å². The number of aryl methyl sites for hydroxylation is 1. The summed E-state index contributed by atoms with van der Waals surface area (Å²) >= 11 is 3.49. The van der Waals surface area contributed by atoms with Crippen LogP contribution in [-0.2, 0) is 4.79 Å². The minimum absolute atomic E-state index is 0.0988. The summed E-state index contributed by atoms with van der Waals surface area (Å²) < 4.78 is 1.05. The summed E-state index contributed by atoms with van der Waals surface area (Å²) in [6, 6.07) is 5.99. The molecule has 3 nitrogen and oxygen atoms in total. The second-order valence-corrected chi connectivity index (χ2v) is 5.73. The molecule has 1 amide bonds. The molecule has 0 aromatic heterocycles. The number of anilines is 1. The molecule has 0 saturated heterocycles. The Hall–Kier alpha value is -1.03. The zero-order valence-corrected chi connectivity index (χ0v) is 13.2. The molecule has 0 fully saturated rings. The van der Waals surface area contributed by atoms with Crippen LogP contribution in [-0.4, -0.2) is 29.9 Å². The van der Waals surface area contributed by atoms with Crippen LogP contribution in [0.2, 0.25) is 0 Å². The predicted molar refractivity (Wildman–Crippen MR) is 79.9 cm³/mol. The van der Waals surface area contributed by atoms with Crippen LogP contribution < -0.4 is 5.32 Å². The summed E-state index contributed by atoms with van der Waals surface area (Å²) in [6.45, 7) is 7.93. The summed E-state index contributed by atoms with van der Waals surface area (Å²) in [4.78, 5) is 13.8. The van der Waals surface area contributed by atoms with E-state index in [1.54, 1.807) is 4.90 Å². The zero-order chi connectivity index (χ0) is 13.9. The first-order valence-corrected chi connectivity index (χ1v) is 6.91. The fourth-order valence-electron chi connectivity index (χ4n) is 1.55. The predicted octanol–water partition coefficient (Wildman–Crippen LogP) is 3.42. The van der Waals surface area contributed by atoms with E-state index in [2.05, 4.69) is 21.2 Å². The normalized spacial score (nSPS) is 12.4. The Labute approximate surface area is 118 Å². The van der Waals surface area contributed by atoms with Crippen molar-refractivity contribution in [3.8, 4) is 0 Å². The molecule has 0 saturated carbocycles. The number of hydrogen-bond acceptors (Lipinski definition) is 2. The highest BCUT2D eigenvalue weighted by Crippen LogP contribution is 2.21. The molecule has 0 aliphatic rings. The number of carbonyl (C=O) groups excluding carboxylic acids is 1. The van der Waals surface area contributed by atoms with Crippen molar-refractivity contribution in [3.63, 3.8) is 0 Å². The van der Waals surface area contributed by atoms with Gasteiger partial charge in [-0.05, 0) is 45.4 Å².